The molecule has 0 aliphatic rings. The van der Waals surface area contributed by atoms with Crippen LogP contribution in [0.2, 0.25) is 0 Å². The molecule has 96 valence electrons. The van der Waals surface area contributed by atoms with E-state index in [0.717, 1.165) is 6.07 Å². The number of para-hydroxylation sites is 2. The van der Waals surface area contributed by atoms with Crippen molar-refractivity contribution in [2.24, 2.45) is 0 Å². The molecule has 0 unspecified atom stereocenters. The Bertz CT molecular complexity index is 693. The van der Waals surface area contributed by atoms with Gasteiger partial charge in [-0.2, -0.15) is 0 Å². The van der Waals surface area contributed by atoms with Crippen LogP contribution in [0, 0.1) is 10.1 Å². The van der Waals surface area contributed by atoms with E-state index < -0.39 is 16.4 Å². The van der Waals surface area contributed by atoms with E-state index in [1.165, 1.54) is 30.5 Å². The number of hydrogen-bond donors (Lipinski definition) is 2. The maximum Gasteiger partial charge on any atom is 0.292 e. The largest absolute Gasteiger partial charge is 0.329 e. The zero-order valence-electron chi connectivity index (χ0n) is 9.62. The fourth-order valence-electron chi connectivity index (χ4n) is 1.52. The molecule has 0 saturated carbocycles. The Morgan fingerprint density at radius 3 is 2.68 bits per heavy atom. The van der Waals surface area contributed by atoms with Crippen molar-refractivity contribution in [2.75, 3.05) is 5.32 Å². The molecule has 0 spiro atoms. The summed E-state index contributed by atoms with van der Waals surface area (Å²) in [5, 5.41) is 13.2. The van der Waals surface area contributed by atoms with E-state index in [9.17, 15) is 19.7 Å². The van der Waals surface area contributed by atoms with Gasteiger partial charge in [0.2, 0.25) is 5.56 Å². The predicted octanol–water partition coefficient (Wildman–Crippen LogP) is 1.54. The van der Waals surface area contributed by atoms with Crippen LogP contribution >= 0.6 is 0 Å². The molecule has 0 radical (unpaired) electrons. The summed E-state index contributed by atoms with van der Waals surface area (Å²) in [6.07, 6.45) is 1.33. The fourth-order valence-corrected chi connectivity index (χ4v) is 1.52. The summed E-state index contributed by atoms with van der Waals surface area (Å²) in [4.78, 5) is 35.5. The minimum atomic E-state index is -0.590. The molecule has 2 N–H and O–H groups in total. The van der Waals surface area contributed by atoms with Crippen LogP contribution in [0.1, 0.15) is 10.4 Å². The summed E-state index contributed by atoms with van der Waals surface area (Å²) in [6, 6.07) is 8.30. The second-order valence-electron chi connectivity index (χ2n) is 3.67. The number of carbonyl (C=O) groups excluding carboxylic acids is 1. The molecule has 1 amide bonds. The quantitative estimate of drug-likeness (QED) is 0.644. The molecule has 0 aliphatic carbocycles. The molecule has 19 heavy (non-hydrogen) atoms. The highest BCUT2D eigenvalue weighted by Crippen LogP contribution is 2.23. The number of anilines is 1. The van der Waals surface area contributed by atoms with Gasteiger partial charge in [0.25, 0.3) is 11.6 Å². The molecule has 1 heterocycles. The van der Waals surface area contributed by atoms with Gasteiger partial charge in [-0.3, -0.25) is 19.7 Å². The van der Waals surface area contributed by atoms with Crippen LogP contribution in [0.25, 0.3) is 0 Å². The lowest BCUT2D eigenvalue weighted by molar-refractivity contribution is -0.383. The van der Waals surface area contributed by atoms with Gasteiger partial charge in [0.15, 0.2) is 0 Å². The molecule has 1 aromatic carbocycles. The van der Waals surface area contributed by atoms with Crippen molar-refractivity contribution >= 4 is 17.3 Å². The van der Waals surface area contributed by atoms with Crippen molar-refractivity contribution in [3.05, 3.63) is 68.6 Å². The second kappa shape index (κ2) is 5.13. The number of H-pyrrole nitrogens is 1. The minimum Gasteiger partial charge on any atom is -0.329 e. The summed E-state index contributed by atoms with van der Waals surface area (Å²) >= 11 is 0. The summed E-state index contributed by atoms with van der Waals surface area (Å²) in [5.41, 5.74) is -0.421. The van der Waals surface area contributed by atoms with Gasteiger partial charge in [0.1, 0.15) is 5.69 Å². The number of nitro benzene ring substituents is 1. The van der Waals surface area contributed by atoms with Gasteiger partial charge in [-0.05, 0) is 12.1 Å². The van der Waals surface area contributed by atoms with E-state index in [1.54, 1.807) is 6.07 Å². The molecule has 0 bridgehead atoms. The molecule has 2 rings (SSSR count). The number of benzene rings is 1. The monoisotopic (exact) mass is 259 g/mol. The number of nitrogens with zero attached hydrogens (tertiary/aromatic N) is 1. The van der Waals surface area contributed by atoms with Crippen LogP contribution in [0.3, 0.4) is 0 Å². The van der Waals surface area contributed by atoms with Crippen LogP contribution < -0.4 is 10.9 Å². The van der Waals surface area contributed by atoms with Gasteiger partial charge < -0.3 is 10.3 Å². The predicted molar refractivity (Wildman–Crippen MR) is 68.1 cm³/mol. The summed E-state index contributed by atoms with van der Waals surface area (Å²) in [5.74, 6) is -0.583. The Morgan fingerprint density at radius 1 is 1.26 bits per heavy atom. The maximum atomic E-state index is 11.9. The Hall–Kier alpha value is -2.96. The summed E-state index contributed by atoms with van der Waals surface area (Å²) < 4.78 is 0. The molecule has 0 saturated heterocycles. The topological polar surface area (TPSA) is 105 Å². The lowest BCUT2D eigenvalue weighted by atomic mass is 10.2. The normalized spacial score (nSPS) is 9.89. The molecule has 0 fully saturated rings. The zero-order valence-corrected chi connectivity index (χ0v) is 9.62. The second-order valence-corrected chi connectivity index (χ2v) is 3.67. The van der Waals surface area contributed by atoms with Crippen molar-refractivity contribution in [3.8, 4) is 0 Å². The first-order valence-corrected chi connectivity index (χ1v) is 5.31. The highest BCUT2D eigenvalue weighted by Gasteiger charge is 2.15. The van der Waals surface area contributed by atoms with E-state index in [-0.39, 0.29) is 16.9 Å². The fraction of sp³-hybridized carbons (Fsp3) is 0. The van der Waals surface area contributed by atoms with E-state index in [4.69, 9.17) is 0 Å². The molecule has 0 atom stereocenters. The van der Waals surface area contributed by atoms with E-state index in [1.807, 2.05) is 0 Å². The lowest BCUT2D eigenvalue weighted by Gasteiger charge is -2.05. The van der Waals surface area contributed by atoms with Gasteiger partial charge in [-0.15, -0.1) is 0 Å². The zero-order chi connectivity index (χ0) is 13.8. The van der Waals surface area contributed by atoms with Crippen molar-refractivity contribution in [1.29, 1.82) is 0 Å². The Labute approximate surface area is 107 Å². The highest BCUT2D eigenvalue weighted by atomic mass is 16.6. The molecular weight excluding hydrogens is 250 g/mol. The molecule has 1 aromatic heterocycles. The van der Waals surface area contributed by atoms with Crippen molar-refractivity contribution in [3.63, 3.8) is 0 Å². The third kappa shape index (κ3) is 2.83. The molecule has 2 aromatic rings. The molecule has 7 nitrogen and oxygen atoms in total. The van der Waals surface area contributed by atoms with Crippen molar-refractivity contribution in [2.45, 2.75) is 0 Å². The number of carbonyl (C=O) groups is 1. The number of hydrogen-bond acceptors (Lipinski definition) is 4. The van der Waals surface area contributed by atoms with Gasteiger partial charge in [0, 0.05) is 23.9 Å². The first kappa shape index (κ1) is 12.5. The molecule has 7 heteroatoms. The highest BCUT2D eigenvalue weighted by molar-refractivity contribution is 6.05. The van der Waals surface area contributed by atoms with Crippen LogP contribution in [-0.4, -0.2) is 15.8 Å². The number of nitro groups is 1. The van der Waals surface area contributed by atoms with Crippen LogP contribution in [0.15, 0.2) is 47.4 Å². The Balaban J connectivity index is 2.29. The average Bonchev–Trinajstić information content (AvgIpc) is 2.39. The van der Waals surface area contributed by atoms with E-state index in [0.29, 0.717) is 0 Å². The van der Waals surface area contributed by atoms with E-state index in [2.05, 4.69) is 10.3 Å². The van der Waals surface area contributed by atoms with Gasteiger partial charge in [0.05, 0.1) is 4.92 Å². The first-order valence-electron chi connectivity index (χ1n) is 5.31. The number of aromatic amines is 1. The smallest absolute Gasteiger partial charge is 0.292 e. The van der Waals surface area contributed by atoms with E-state index >= 15 is 0 Å². The summed E-state index contributed by atoms with van der Waals surface area (Å²) in [6.45, 7) is 0. The third-order valence-corrected chi connectivity index (χ3v) is 2.39. The van der Waals surface area contributed by atoms with Gasteiger partial charge in [-0.1, -0.05) is 12.1 Å². The molecule has 0 aliphatic heterocycles. The minimum absolute atomic E-state index is 0.0813. The lowest BCUT2D eigenvalue weighted by Crippen LogP contribution is -2.16. The van der Waals surface area contributed by atoms with Crippen molar-refractivity contribution < 1.29 is 9.72 Å². The Kier molecular flexibility index (Phi) is 3.37. The average molecular weight is 259 g/mol. The number of amides is 1. The van der Waals surface area contributed by atoms with Crippen molar-refractivity contribution in [1.82, 2.24) is 4.98 Å². The SMILES string of the molecule is O=C(Nc1ccccc1[N+](=O)[O-])c1cc[nH]c(=O)c1. The summed E-state index contributed by atoms with van der Waals surface area (Å²) in [7, 11) is 0. The number of aromatic nitrogens is 1. The number of pyridine rings is 1. The first-order chi connectivity index (χ1) is 9.08. The number of nitrogens with one attached hydrogen (secondary N) is 2. The van der Waals surface area contributed by atoms with Gasteiger partial charge in [-0.25, -0.2) is 0 Å². The third-order valence-electron chi connectivity index (χ3n) is 2.39. The van der Waals surface area contributed by atoms with Gasteiger partial charge >= 0.3 is 0 Å². The maximum absolute atomic E-state index is 11.9. The van der Waals surface area contributed by atoms with Crippen LogP contribution in [0.4, 0.5) is 11.4 Å². The Morgan fingerprint density at radius 2 is 2.00 bits per heavy atom. The van der Waals surface area contributed by atoms with Crippen LogP contribution in [-0.2, 0) is 0 Å². The molecular formula is C12H9N3O4. The van der Waals surface area contributed by atoms with Crippen LogP contribution in [0.5, 0.6) is 0 Å². The number of rotatable bonds is 3. The standard InChI is InChI=1S/C12H9N3O4/c16-11-7-8(5-6-13-11)12(17)14-9-3-1-2-4-10(9)15(18)19/h1-7H,(H,13,16)(H,14,17).